The number of hydrogen-bond donors (Lipinski definition) is 1. The van der Waals surface area contributed by atoms with Crippen LogP contribution in [0, 0.1) is 0 Å². The summed E-state index contributed by atoms with van der Waals surface area (Å²) in [5, 5.41) is 3.63. The summed E-state index contributed by atoms with van der Waals surface area (Å²) in [5.74, 6) is 0.887. The van der Waals surface area contributed by atoms with Gasteiger partial charge in [0.1, 0.15) is 0 Å². The smallest absolute Gasteiger partial charge is 0.335 e. The summed E-state index contributed by atoms with van der Waals surface area (Å²) in [7, 11) is 0. The highest BCUT2D eigenvalue weighted by atomic mass is 32.2. The molecule has 2 rings (SSSR count). The average molecular weight is 274 g/mol. The molecule has 98 valence electrons. The van der Waals surface area contributed by atoms with Crippen molar-refractivity contribution < 1.29 is 13.2 Å². The van der Waals surface area contributed by atoms with E-state index in [1.807, 2.05) is 6.92 Å². The van der Waals surface area contributed by atoms with Crippen molar-refractivity contribution in [3.8, 4) is 0 Å². The van der Waals surface area contributed by atoms with E-state index in [0.29, 0.717) is 10.9 Å². The molecule has 0 radical (unpaired) electrons. The molecule has 1 aromatic rings. The zero-order chi connectivity index (χ0) is 13.2. The number of nitrogens with one attached hydrogen (secondary N) is 1. The Morgan fingerprint density at radius 3 is 2.83 bits per heavy atom. The molecule has 1 aromatic carbocycles. The van der Waals surface area contributed by atoms with Crippen molar-refractivity contribution in [2.24, 2.45) is 4.99 Å². The molecule has 1 heterocycles. The lowest BCUT2D eigenvalue weighted by Gasteiger charge is -2.09. The molecule has 0 bridgehead atoms. The Morgan fingerprint density at radius 1 is 1.44 bits per heavy atom. The van der Waals surface area contributed by atoms with Crippen molar-refractivity contribution in [1.29, 1.82) is 0 Å². The lowest BCUT2D eigenvalue weighted by atomic mass is 10.2. The van der Waals surface area contributed by atoms with Gasteiger partial charge in [-0.25, -0.2) is 0 Å². The average Bonchev–Trinajstić information content (AvgIpc) is 2.76. The Labute approximate surface area is 108 Å². The van der Waals surface area contributed by atoms with Crippen LogP contribution in [0.2, 0.25) is 0 Å². The summed E-state index contributed by atoms with van der Waals surface area (Å²) in [4.78, 5) is 4.38. The van der Waals surface area contributed by atoms with Crippen LogP contribution in [0.4, 0.5) is 18.9 Å². The molecule has 6 heteroatoms. The van der Waals surface area contributed by atoms with E-state index < -0.39 is 11.7 Å². The van der Waals surface area contributed by atoms with E-state index in [4.69, 9.17) is 0 Å². The number of halogens is 3. The molecule has 0 aliphatic carbocycles. The van der Waals surface area contributed by atoms with Gasteiger partial charge in [-0.1, -0.05) is 24.8 Å². The van der Waals surface area contributed by atoms with E-state index in [1.165, 1.54) is 6.07 Å². The van der Waals surface area contributed by atoms with E-state index in [2.05, 4.69) is 10.3 Å². The van der Waals surface area contributed by atoms with Crippen molar-refractivity contribution in [2.45, 2.75) is 25.6 Å². The van der Waals surface area contributed by atoms with Crippen LogP contribution in [0.25, 0.3) is 0 Å². The van der Waals surface area contributed by atoms with Gasteiger partial charge in [-0.15, -0.1) is 0 Å². The second kappa shape index (κ2) is 5.22. The summed E-state index contributed by atoms with van der Waals surface area (Å²) in [5.41, 5.74) is -0.226. The number of rotatable bonds is 2. The molecule has 0 unspecified atom stereocenters. The van der Waals surface area contributed by atoms with Crippen LogP contribution in [-0.4, -0.2) is 17.0 Å². The molecule has 0 amide bonds. The van der Waals surface area contributed by atoms with E-state index >= 15 is 0 Å². The van der Waals surface area contributed by atoms with Crippen molar-refractivity contribution in [3.63, 3.8) is 0 Å². The van der Waals surface area contributed by atoms with Crippen LogP contribution < -0.4 is 5.32 Å². The maximum atomic E-state index is 12.5. The molecule has 1 N–H and O–H groups in total. The SMILES string of the molecule is CC[C@@H]1CSC(Nc2cccc(C(F)(F)F)c2)=N1. The zero-order valence-corrected chi connectivity index (χ0v) is 10.6. The molecule has 1 aliphatic heterocycles. The first-order valence-electron chi connectivity index (χ1n) is 5.64. The molecule has 1 aliphatic rings. The first-order valence-corrected chi connectivity index (χ1v) is 6.62. The van der Waals surface area contributed by atoms with Gasteiger partial charge < -0.3 is 5.32 Å². The lowest BCUT2D eigenvalue weighted by Crippen LogP contribution is -2.08. The summed E-state index contributed by atoms with van der Waals surface area (Å²) in [6.45, 7) is 2.04. The van der Waals surface area contributed by atoms with E-state index in [1.54, 1.807) is 17.8 Å². The minimum absolute atomic E-state index is 0.267. The summed E-state index contributed by atoms with van der Waals surface area (Å²) < 4.78 is 37.6. The Hall–Kier alpha value is -1.17. The molecule has 2 nitrogen and oxygen atoms in total. The topological polar surface area (TPSA) is 24.4 Å². The summed E-state index contributed by atoms with van der Waals surface area (Å²) >= 11 is 1.54. The largest absolute Gasteiger partial charge is 0.416 e. The highest BCUT2D eigenvalue weighted by Gasteiger charge is 2.30. The zero-order valence-electron chi connectivity index (χ0n) is 9.79. The number of hydrogen-bond acceptors (Lipinski definition) is 3. The van der Waals surface area contributed by atoms with Crippen molar-refractivity contribution in [2.75, 3.05) is 11.1 Å². The van der Waals surface area contributed by atoms with Crippen LogP contribution in [-0.2, 0) is 6.18 Å². The monoisotopic (exact) mass is 274 g/mol. The van der Waals surface area contributed by atoms with Gasteiger partial charge in [0.25, 0.3) is 0 Å². The molecule has 0 aromatic heterocycles. The third-order valence-corrected chi connectivity index (χ3v) is 3.66. The number of benzene rings is 1. The summed E-state index contributed by atoms with van der Waals surface area (Å²) in [6.07, 6.45) is -3.37. The van der Waals surface area contributed by atoms with Crippen LogP contribution >= 0.6 is 11.8 Å². The molecule has 0 spiro atoms. The molecular formula is C12H13F3N2S. The quantitative estimate of drug-likeness (QED) is 0.881. The predicted molar refractivity (Wildman–Crippen MR) is 69.0 cm³/mol. The maximum Gasteiger partial charge on any atom is 0.416 e. The van der Waals surface area contributed by atoms with Gasteiger partial charge in [-0.2, -0.15) is 13.2 Å². The number of nitrogens with zero attached hydrogens (tertiary/aromatic N) is 1. The molecule has 0 saturated heterocycles. The van der Waals surface area contributed by atoms with Gasteiger partial charge in [0.05, 0.1) is 11.6 Å². The fourth-order valence-corrected chi connectivity index (χ4v) is 2.66. The van der Waals surface area contributed by atoms with Crippen LogP contribution in [0.3, 0.4) is 0 Å². The number of anilines is 1. The summed E-state index contributed by atoms with van der Waals surface area (Å²) in [6, 6.07) is 5.43. The Bertz CT molecular complexity index is 457. The van der Waals surface area contributed by atoms with Crippen molar-refractivity contribution in [3.05, 3.63) is 29.8 Å². The molecule has 0 fully saturated rings. The number of aliphatic imine (C=N–C) groups is 1. The van der Waals surface area contributed by atoms with Gasteiger partial charge in [0.15, 0.2) is 5.17 Å². The van der Waals surface area contributed by atoms with Gasteiger partial charge >= 0.3 is 6.18 Å². The first-order chi connectivity index (χ1) is 8.49. The van der Waals surface area contributed by atoms with Crippen LogP contribution in [0.5, 0.6) is 0 Å². The number of alkyl halides is 3. The fraction of sp³-hybridized carbons (Fsp3) is 0.417. The van der Waals surface area contributed by atoms with Gasteiger partial charge in [0, 0.05) is 11.4 Å². The van der Waals surface area contributed by atoms with Gasteiger partial charge in [0.2, 0.25) is 0 Å². The van der Waals surface area contributed by atoms with Gasteiger partial charge in [-0.05, 0) is 24.6 Å². The highest BCUT2D eigenvalue weighted by molar-refractivity contribution is 8.14. The molecule has 0 saturated carbocycles. The standard InChI is InChI=1S/C12H13F3N2S/c1-2-9-7-18-11(16-9)17-10-5-3-4-8(6-10)12(13,14)15/h3-6,9H,2,7H2,1H3,(H,16,17)/t9-/m1/s1. The Balaban J connectivity index is 2.11. The lowest BCUT2D eigenvalue weighted by molar-refractivity contribution is -0.137. The van der Waals surface area contributed by atoms with E-state index in [0.717, 1.165) is 24.3 Å². The second-order valence-electron chi connectivity index (χ2n) is 4.01. The minimum atomic E-state index is -4.31. The van der Waals surface area contributed by atoms with Crippen LogP contribution in [0.15, 0.2) is 29.3 Å². The Morgan fingerprint density at radius 2 is 2.22 bits per heavy atom. The van der Waals surface area contributed by atoms with Crippen molar-refractivity contribution in [1.82, 2.24) is 0 Å². The fourth-order valence-electron chi connectivity index (χ4n) is 1.59. The van der Waals surface area contributed by atoms with Crippen molar-refractivity contribution >= 4 is 22.6 Å². The Kier molecular flexibility index (Phi) is 3.85. The number of thioether (sulfide) groups is 1. The first kappa shape index (κ1) is 13.3. The van der Waals surface area contributed by atoms with Crippen LogP contribution in [0.1, 0.15) is 18.9 Å². The molecule has 1 atom stereocenters. The number of amidine groups is 1. The van der Waals surface area contributed by atoms with Gasteiger partial charge in [-0.3, -0.25) is 4.99 Å². The third kappa shape index (κ3) is 3.19. The second-order valence-corrected chi connectivity index (χ2v) is 5.02. The molecule has 18 heavy (non-hydrogen) atoms. The third-order valence-electron chi connectivity index (χ3n) is 2.62. The maximum absolute atomic E-state index is 12.5. The van der Waals surface area contributed by atoms with E-state index in [-0.39, 0.29) is 6.04 Å². The van der Waals surface area contributed by atoms with E-state index in [9.17, 15) is 13.2 Å². The molecular weight excluding hydrogens is 261 g/mol. The predicted octanol–water partition coefficient (Wildman–Crippen LogP) is 4.00. The normalized spacial score (nSPS) is 19.8. The minimum Gasteiger partial charge on any atom is -0.335 e. The highest BCUT2D eigenvalue weighted by Crippen LogP contribution is 2.31.